The van der Waals surface area contributed by atoms with E-state index in [4.69, 9.17) is 0 Å². The summed E-state index contributed by atoms with van der Waals surface area (Å²) < 4.78 is 36.8. The van der Waals surface area contributed by atoms with E-state index in [0.717, 1.165) is 0 Å². The van der Waals surface area contributed by atoms with Crippen molar-refractivity contribution in [2.75, 3.05) is 19.4 Å². The molecule has 0 aliphatic heterocycles. The SMILES string of the molecule is CN(C)/C=C/C(=C/C(=O)C(F)(F)F)Nc1ccccn1. The lowest BCUT2D eigenvalue weighted by Crippen LogP contribution is -2.21. The maximum absolute atomic E-state index is 12.3. The van der Waals surface area contributed by atoms with Gasteiger partial charge in [0.05, 0.1) is 0 Å². The number of halogens is 3. The van der Waals surface area contributed by atoms with Crippen LogP contribution < -0.4 is 5.32 Å². The molecule has 0 saturated heterocycles. The fourth-order valence-electron chi connectivity index (χ4n) is 1.16. The van der Waals surface area contributed by atoms with Crippen LogP contribution in [0.3, 0.4) is 0 Å². The first-order valence-electron chi connectivity index (χ1n) is 5.64. The number of nitrogens with zero attached hydrogens (tertiary/aromatic N) is 2. The first-order valence-corrected chi connectivity index (χ1v) is 5.64. The maximum atomic E-state index is 12.3. The van der Waals surface area contributed by atoms with E-state index < -0.39 is 12.0 Å². The summed E-state index contributed by atoms with van der Waals surface area (Å²) in [7, 11) is 3.42. The Labute approximate surface area is 114 Å². The second-order valence-corrected chi connectivity index (χ2v) is 4.08. The molecule has 0 aliphatic carbocycles. The number of anilines is 1. The van der Waals surface area contributed by atoms with E-state index in [1.54, 1.807) is 37.2 Å². The zero-order chi connectivity index (χ0) is 15.2. The molecule has 0 spiro atoms. The average molecular weight is 285 g/mol. The number of allylic oxidation sites excluding steroid dienone is 2. The second-order valence-electron chi connectivity index (χ2n) is 4.08. The van der Waals surface area contributed by atoms with Gasteiger partial charge in [-0.05, 0) is 18.2 Å². The third-order valence-corrected chi connectivity index (χ3v) is 2.06. The van der Waals surface area contributed by atoms with Gasteiger partial charge in [-0.15, -0.1) is 0 Å². The average Bonchev–Trinajstić information content (AvgIpc) is 2.36. The molecule has 0 radical (unpaired) electrons. The summed E-state index contributed by atoms with van der Waals surface area (Å²) in [6.07, 6.45) is -0.0391. The van der Waals surface area contributed by atoms with Crippen LogP contribution in [0.5, 0.6) is 0 Å². The molecular formula is C13H14F3N3O. The van der Waals surface area contributed by atoms with Gasteiger partial charge in [-0.2, -0.15) is 13.2 Å². The van der Waals surface area contributed by atoms with Gasteiger partial charge in [0.1, 0.15) is 5.82 Å². The minimum Gasteiger partial charge on any atom is -0.383 e. The summed E-state index contributed by atoms with van der Waals surface area (Å²) in [4.78, 5) is 16.6. The van der Waals surface area contributed by atoms with Gasteiger partial charge in [0.2, 0.25) is 0 Å². The molecule has 0 aromatic carbocycles. The minimum atomic E-state index is -4.90. The van der Waals surface area contributed by atoms with Crippen molar-refractivity contribution in [3.05, 3.63) is 48.4 Å². The van der Waals surface area contributed by atoms with E-state index in [2.05, 4.69) is 10.3 Å². The van der Waals surface area contributed by atoms with Crippen molar-refractivity contribution < 1.29 is 18.0 Å². The highest BCUT2D eigenvalue weighted by molar-refractivity contribution is 5.95. The summed E-state index contributed by atoms with van der Waals surface area (Å²) in [6.45, 7) is 0. The lowest BCUT2D eigenvalue weighted by molar-refractivity contribution is -0.165. The van der Waals surface area contributed by atoms with Crippen LogP contribution in [0.15, 0.2) is 48.4 Å². The number of rotatable bonds is 5. The highest BCUT2D eigenvalue weighted by Gasteiger charge is 2.36. The smallest absolute Gasteiger partial charge is 0.383 e. The molecule has 20 heavy (non-hydrogen) atoms. The van der Waals surface area contributed by atoms with E-state index in [0.29, 0.717) is 11.9 Å². The Bertz CT molecular complexity index is 507. The quantitative estimate of drug-likeness (QED) is 0.667. The summed E-state index contributed by atoms with van der Waals surface area (Å²) in [6, 6.07) is 4.93. The van der Waals surface area contributed by atoms with Gasteiger partial charge in [0.25, 0.3) is 5.78 Å². The van der Waals surface area contributed by atoms with Crippen LogP contribution in [-0.4, -0.2) is 35.9 Å². The fourth-order valence-corrected chi connectivity index (χ4v) is 1.16. The third kappa shape index (κ3) is 5.55. The Balaban J connectivity index is 2.97. The molecule has 0 fully saturated rings. The Morgan fingerprint density at radius 1 is 1.35 bits per heavy atom. The van der Waals surface area contributed by atoms with E-state index >= 15 is 0 Å². The number of alkyl halides is 3. The van der Waals surface area contributed by atoms with Crippen molar-refractivity contribution in [1.29, 1.82) is 0 Å². The Kier molecular flexibility index (Phi) is 5.31. The second kappa shape index (κ2) is 6.74. The molecule has 0 bridgehead atoms. The molecular weight excluding hydrogens is 271 g/mol. The predicted molar refractivity (Wildman–Crippen MR) is 69.8 cm³/mol. The number of hydrogen-bond acceptors (Lipinski definition) is 4. The number of aromatic nitrogens is 1. The summed E-state index contributed by atoms with van der Waals surface area (Å²) in [5.41, 5.74) is -0.000255. The molecule has 1 heterocycles. The Hall–Kier alpha value is -2.31. The summed E-state index contributed by atoms with van der Waals surface area (Å²) >= 11 is 0. The van der Waals surface area contributed by atoms with Crippen molar-refractivity contribution in [1.82, 2.24) is 9.88 Å². The molecule has 1 N–H and O–H groups in total. The van der Waals surface area contributed by atoms with E-state index in [-0.39, 0.29) is 5.70 Å². The van der Waals surface area contributed by atoms with Gasteiger partial charge in [0, 0.05) is 38.3 Å². The standard InChI is InChI=1S/C13H14F3N3O/c1-19(2)8-6-10(9-11(20)13(14,15)16)18-12-5-3-4-7-17-12/h3-9H,1-2H3,(H,17,18)/b8-6+,10-9-. The van der Waals surface area contributed by atoms with Crippen molar-refractivity contribution >= 4 is 11.6 Å². The molecule has 0 atom stereocenters. The number of hydrogen-bond donors (Lipinski definition) is 1. The molecule has 108 valence electrons. The number of carbonyl (C=O) groups is 1. The molecule has 1 aromatic rings. The van der Waals surface area contributed by atoms with Crippen molar-refractivity contribution in [2.45, 2.75) is 6.18 Å². The molecule has 0 saturated carbocycles. The van der Waals surface area contributed by atoms with Gasteiger partial charge in [-0.1, -0.05) is 6.07 Å². The van der Waals surface area contributed by atoms with Crippen LogP contribution in [0.1, 0.15) is 0 Å². The molecule has 0 amide bonds. The predicted octanol–water partition coefficient (Wildman–Crippen LogP) is 2.58. The van der Waals surface area contributed by atoms with Crippen LogP contribution in [0.2, 0.25) is 0 Å². The molecule has 4 nitrogen and oxygen atoms in total. The van der Waals surface area contributed by atoms with Crippen molar-refractivity contribution in [3.8, 4) is 0 Å². The topological polar surface area (TPSA) is 45.2 Å². The first kappa shape index (κ1) is 15.7. The highest BCUT2D eigenvalue weighted by atomic mass is 19.4. The van der Waals surface area contributed by atoms with Crippen LogP contribution in [-0.2, 0) is 4.79 Å². The number of carbonyl (C=O) groups excluding carboxylic acids is 1. The zero-order valence-electron chi connectivity index (χ0n) is 11.0. The van der Waals surface area contributed by atoms with Crippen LogP contribution in [0.4, 0.5) is 19.0 Å². The van der Waals surface area contributed by atoms with Crippen LogP contribution in [0.25, 0.3) is 0 Å². The Morgan fingerprint density at radius 2 is 2.05 bits per heavy atom. The fraction of sp³-hybridized carbons (Fsp3) is 0.231. The summed E-state index contributed by atoms with van der Waals surface area (Å²) in [5, 5.41) is 2.65. The lowest BCUT2D eigenvalue weighted by Gasteiger charge is -2.09. The first-order chi connectivity index (χ1) is 9.29. The highest BCUT2D eigenvalue weighted by Crippen LogP contribution is 2.18. The number of nitrogens with one attached hydrogen (secondary N) is 1. The van der Waals surface area contributed by atoms with Gasteiger partial charge >= 0.3 is 6.18 Å². The van der Waals surface area contributed by atoms with Crippen LogP contribution >= 0.6 is 0 Å². The third-order valence-electron chi connectivity index (χ3n) is 2.06. The molecule has 0 aliphatic rings. The Morgan fingerprint density at radius 3 is 2.55 bits per heavy atom. The monoisotopic (exact) mass is 285 g/mol. The maximum Gasteiger partial charge on any atom is 0.454 e. The van der Waals surface area contributed by atoms with Gasteiger partial charge < -0.3 is 10.2 Å². The number of pyridine rings is 1. The summed E-state index contributed by atoms with van der Waals surface area (Å²) in [5.74, 6) is -1.59. The zero-order valence-corrected chi connectivity index (χ0v) is 11.0. The lowest BCUT2D eigenvalue weighted by atomic mass is 10.2. The van der Waals surface area contributed by atoms with E-state index in [9.17, 15) is 18.0 Å². The van der Waals surface area contributed by atoms with Crippen LogP contribution in [0, 0.1) is 0 Å². The molecule has 1 aromatic heterocycles. The van der Waals surface area contributed by atoms with E-state index in [1.165, 1.54) is 18.5 Å². The largest absolute Gasteiger partial charge is 0.454 e. The van der Waals surface area contributed by atoms with E-state index in [1.807, 2.05) is 0 Å². The van der Waals surface area contributed by atoms with Crippen molar-refractivity contribution in [2.24, 2.45) is 0 Å². The van der Waals surface area contributed by atoms with Gasteiger partial charge in [0.15, 0.2) is 0 Å². The minimum absolute atomic E-state index is 0.000255. The molecule has 7 heteroatoms. The number of ketones is 1. The van der Waals surface area contributed by atoms with Gasteiger partial charge in [-0.3, -0.25) is 4.79 Å². The normalized spacial score (nSPS) is 12.6. The van der Waals surface area contributed by atoms with Crippen molar-refractivity contribution in [3.63, 3.8) is 0 Å². The molecule has 1 rings (SSSR count). The van der Waals surface area contributed by atoms with Gasteiger partial charge in [-0.25, -0.2) is 4.98 Å². The molecule has 0 unspecified atom stereocenters.